The van der Waals surface area contributed by atoms with Crippen molar-refractivity contribution < 1.29 is 18.7 Å². The molecular formula is C19H22FNO3. The van der Waals surface area contributed by atoms with Crippen LogP contribution in [0.1, 0.15) is 18.1 Å². The third-order valence-corrected chi connectivity index (χ3v) is 3.76. The van der Waals surface area contributed by atoms with Crippen LogP contribution in [0, 0.1) is 5.82 Å². The maximum atomic E-state index is 13.7. The largest absolute Gasteiger partial charge is 0.494 e. The number of carbonyl (C=O) groups is 1. The second kappa shape index (κ2) is 8.34. The minimum atomic E-state index is -0.442. The highest BCUT2D eigenvalue weighted by molar-refractivity contribution is 5.77. The second-order valence-corrected chi connectivity index (χ2v) is 5.50. The minimum absolute atomic E-state index is 0.0550. The van der Waals surface area contributed by atoms with Gasteiger partial charge in [-0.05, 0) is 41.8 Å². The molecule has 5 heteroatoms. The summed E-state index contributed by atoms with van der Waals surface area (Å²) >= 11 is 0. The van der Waals surface area contributed by atoms with E-state index >= 15 is 0 Å². The van der Waals surface area contributed by atoms with E-state index in [1.54, 1.807) is 19.2 Å². The van der Waals surface area contributed by atoms with E-state index in [0.29, 0.717) is 17.9 Å². The van der Waals surface area contributed by atoms with Gasteiger partial charge in [0.15, 0.2) is 18.2 Å². The Morgan fingerprint density at radius 1 is 1.12 bits per heavy atom. The molecule has 0 saturated heterocycles. The number of halogens is 1. The van der Waals surface area contributed by atoms with Crippen LogP contribution in [0.25, 0.3) is 0 Å². The van der Waals surface area contributed by atoms with Crippen molar-refractivity contribution >= 4 is 5.91 Å². The first kappa shape index (κ1) is 17.8. The first-order valence-electron chi connectivity index (χ1n) is 7.81. The monoisotopic (exact) mass is 331 g/mol. The first-order valence-corrected chi connectivity index (χ1v) is 7.81. The number of hydrogen-bond donors (Lipinski definition) is 0. The first-order chi connectivity index (χ1) is 11.5. The molecule has 0 spiro atoms. The predicted molar refractivity (Wildman–Crippen MR) is 90.7 cm³/mol. The van der Waals surface area contributed by atoms with Gasteiger partial charge in [-0.25, -0.2) is 4.39 Å². The zero-order chi connectivity index (χ0) is 17.5. The van der Waals surface area contributed by atoms with Crippen LogP contribution < -0.4 is 9.47 Å². The average Bonchev–Trinajstić information content (AvgIpc) is 2.60. The molecule has 0 atom stereocenters. The van der Waals surface area contributed by atoms with Crippen molar-refractivity contribution in [3.05, 3.63) is 59.4 Å². The number of methoxy groups -OCH3 is 1. The molecule has 2 rings (SSSR count). The molecule has 0 aliphatic carbocycles. The molecule has 0 aliphatic heterocycles. The van der Waals surface area contributed by atoms with Crippen LogP contribution in [0.2, 0.25) is 0 Å². The third-order valence-electron chi connectivity index (χ3n) is 3.76. The lowest BCUT2D eigenvalue weighted by molar-refractivity contribution is -0.132. The summed E-state index contributed by atoms with van der Waals surface area (Å²) in [5.74, 6) is 0.227. The predicted octanol–water partition coefficient (Wildman–Crippen LogP) is 3.43. The maximum Gasteiger partial charge on any atom is 0.260 e. The summed E-state index contributed by atoms with van der Waals surface area (Å²) in [6.07, 6.45) is 0.959. The van der Waals surface area contributed by atoms with Crippen LogP contribution in [-0.2, 0) is 17.8 Å². The van der Waals surface area contributed by atoms with Crippen molar-refractivity contribution in [3.8, 4) is 11.5 Å². The smallest absolute Gasteiger partial charge is 0.260 e. The van der Waals surface area contributed by atoms with Crippen LogP contribution in [-0.4, -0.2) is 31.6 Å². The van der Waals surface area contributed by atoms with Gasteiger partial charge in [0.2, 0.25) is 0 Å². The fraction of sp³-hybridized carbons (Fsp3) is 0.316. The molecule has 128 valence electrons. The molecule has 0 saturated carbocycles. The summed E-state index contributed by atoms with van der Waals surface area (Å²) in [6, 6.07) is 12.3. The van der Waals surface area contributed by atoms with E-state index in [9.17, 15) is 9.18 Å². The number of nitrogens with zero attached hydrogens (tertiary/aromatic N) is 1. The van der Waals surface area contributed by atoms with Crippen LogP contribution in [0.5, 0.6) is 11.5 Å². The van der Waals surface area contributed by atoms with E-state index in [1.807, 2.05) is 24.3 Å². The number of aryl methyl sites for hydroxylation is 1. The number of ether oxygens (including phenoxy) is 2. The molecule has 2 aromatic rings. The minimum Gasteiger partial charge on any atom is -0.494 e. The molecule has 24 heavy (non-hydrogen) atoms. The van der Waals surface area contributed by atoms with E-state index in [0.717, 1.165) is 6.42 Å². The molecule has 2 aromatic carbocycles. The molecule has 0 heterocycles. The van der Waals surface area contributed by atoms with Gasteiger partial charge in [-0.15, -0.1) is 0 Å². The van der Waals surface area contributed by atoms with Gasteiger partial charge in [0.1, 0.15) is 5.75 Å². The van der Waals surface area contributed by atoms with Gasteiger partial charge in [0, 0.05) is 13.6 Å². The van der Waals surface area contributed by atoms with Gasteiger partial charge in [-0.2, -0.15) is 0 Å². The Bertz CT molecular complexity index is 686. The van der Waals surface area contributed by atoms with E-state index in [-0.39, 0.29) is 18.3 Å². The molecule has 0 unspecified atom stereocenters. The fourth-order valence-electron chi connectivity index (χ4n) is 2.25. The molecule has 0 aromatic heterocycles. The Morgan fingerprint density at radius 2 is 1.79 bits per heavy atom. The average molecular weight is 331 g/mol. The van der Waals surface area contributed by atoms with Gasteiger partial charge < -0.3 is 14.4 Å². The zero-order valence-corrected chi connectivity index (χ0v) is 14.2. The summed E-state index contributed by atoms with van der Waals surface area (Å²) < 4.78 is 24.1. The van der Waals surface area contributed by atoms with Crippen molar-refractivity contribution in [2.75, 3.05) is 20.8 Å². The summed E-state index contributed by atoms with van der Waals surface area (Å²) in [6.45, 7) is 2.33. The quantitative estimate of drug-likeness (QED) is 0.780. The molecule has 4 nitrogen and oxygen atoms in total. The van der Waals surface area contributed by atoms with Crippen molar-refractivity contribution in [1.29, 1.82) is 0 Å². The third kappa shape index (κ3) is 4.72. The molecule has 0 radical (unpaired) electrons. The van der Waals surface area contributed by atoms with E-state index in [2.05, 4.69) is 6.92 Å². The number of carbonyl (C=O) groups excluding carboxylic acids is 1. The standard InChI is InChI=1S/C19H22FNO3/c1-4-14-5-8-16(9-6-14)24-13-19(22)21(2)12-15-7-10-18(23-3)17(20)11-15/h5-11H,4,12-13H2,1-3H3. The number of amides is 1. The lowest BCUT2D eigenvalue weighted by Gasteiger charge is -2.18. The highest BCUT2D eigenvalue weighted by atomic mass is 19.1. The van der Waals surface area contributed by atoms with Crippen molar-refractivity contribution in [3.63, 3.8) is 0 Å². The van der Waals surface area contributed by atoms with Crippen molar-refractivity contribution in [2.24, 2.45) is 0 Å². The summed E-state index contributed by atoms with van der Waals surface area (Å²) in [5.41, 5.74) is 1.91. The second-order valence-electron chi connectivity index (χ2n) is 5.50. The number of benzene rings is 2. The molecule has 0 N–H and O–H groups in total. The Kier molecular flexibility index (Phi) is 6.18. The van der Waals surface area contributed by atoms with E-state index in [4.69, 9.17) is 9.47 Å². The Hall–Kier alpha value is -2.56. The summed E-state index contributed by atoms with van der Waals surface area (Å²) in [4.78, 5) is 13.6. The summed E-state index contributed by atoms with van der Waals surface area (Å²) in [7, 11) is 3.08. The fourth-order valence-corrected chi connectivity index (χ4v) is 2.25. The van der Waals surface area contributed by atoms with Crippen molar-refractivity contribution in [2.45, 2.75) is 19.9 Å². The molecule has 0 fully saturated rings. The molecule has 0 aliphatic rings. The van der Waals surface area contributed by atoms with Gasteiger partial charge in [0.05, 0.1) is 7.11 Å². The lowest BCUT2D eigenvalue weighted by atomic mass is 10.2. The van der Waals surface area contributed by atoms with Gasteiger partial charge in [-0.1, -0.05) is 25.1 Å². The maximum absolute atomic E-state index is 13.7. The Morgan fingerprint density at radius 3 is 2.38 bits per heavy atom. The molecule has 0 bridgehead atoms. The van der Waals surface area contributed by atoms with Gasteiger partial charge >= 0.3 is 0 Å². The van der Waals surface area contributed by atoms with Crippen LogP contribution >= 0.6 is 0 Å². The van der Waals surface area contributed by atoms with Crippen LogP contribution in [0.3, 0.4) is 0 Å². The van der Waals surface area contributed by atoms with E-state index in [1.165, 1.54) is 23.6 Å². The van der Waals surface area contributed by atoms with Gasteiger partial charge in [-0.3, -0.25) is 4.79 Å². The van der Waals surface area contributed by atoms with Crippen LogP contribution in [0.15, 0.2) is 42.5 Å². The van der Waals surface area contributed by atoms with Crippen molar-refractivity contribution in [1.82, 2.24) is 4.90 Å². The highest BCUT2D eigenvalue weighted by Crippen LogP contribution is 2.18. The lowest BCUT2D eigenvalue weighted by Crippen LogP contribution is -2.31. The SMILES string of the molecule is CCc1ccc(OCC(=O)N(C)Cc2ccc(OC)c(F)c2)cc1. The van der Waals surface area contributed by atoms with E-state index < -0.39 is 5.82 Å². The highest BCUT2D eigenvalue weighted by Gasteiger charge is 2.12. The zero-order valence-electron chi connectivity index (χ0n) is 14.2. The number of likely N-dealkylation sites (N-methyl/N-ethyl adjacent to an activating group) is 1. The van der Waals surface area contributed by atoms with Gasteiger partial charge in [0.25, 0.3) is 5.91 Å². The Labute approximate surface area is 141 Å². The molecule has 1 amide bonds. The number of hydrogen-bond acceptors (Lipinski definition) is 3. The Balaban J connectivity index is 1.88. The molecular weight excluding hydrogens is 309 g/mol. The summed E-state index contributed by atoms with van der Waals surface area (Å²) in [5, 5.41) is 0. The number of rotatable bonds is 7. The topological polar surface area (TPSA) is 38.8 Å². The van der Waals surface area contributed by atoms with Crippen LogP contribution in [0.4, 0.5) is 4.39 Å². The normalized spacial score (nSPS) is 10.3.